The number of nitrogens with zero attached hydrogens (tertiary/aromatic N) is 3. The standard InChI is InChI=1S/C37H25N3OS/c41-36-35(42-37(39-36)32-18-10-11-23-38-32)29-19-21-31(22-20-29)40-33(27-14-6-2-7-15-27)24-30(26-12-4-1-5-13-26)25-34(40)28-16-8-3-9-17-28/h1-25H. The first kappa shape index (κ1) is 25.6. The maximum atomic E-state index is 12.9. The fourth-order valence-electron chi connectivity index (χ4n) is 5.16. The third kappa shape index (κ3) is 4.98. The van der Waals surface area contributed by atoms with Gasteiger partial charge in [0.05, 0.1) is 5.69 Å². The molecule has 0 saturated heterocycles. The molecule has 42 heavy (non-hydrogen) atoms. The van der Waals surface area contributed by atoms with Gasteiger partial charge in [-0.25, -0.2) is 0 Å². The van der Waals surface area contributed by atoms with Crippen LogP contribution in [-0.2, 0) is 0 Å². The zero-order valence-electron chi connectivity index (χ0n) is 22.6. The molecule has 200 valence electrons. The number of benzene rings is 4. The molecule has 7 aromatic rings. The van der Waals surface area contributed by atoms with Crippen LogP contribution in [0.4, 0.5) is 0 Å². The van der Waals surface area contributed by atoms with Crippen LogP contribution in [0.5, 0.6) is 5.88 Å². The minimum absolute atomic E-state index is 0.233. The summed E-state index contributed by atoms with van der Waals surface area (Å²) in [7, 11) is 0. The van der Waals surface area contributed by atoms with Crippen molar-refractivity contribution in [1.82, 2.24) is 9.97 Å². The number of rotatable bonds is 6. The van der Waals surface area contributed by atoms with Gasteiger partial charge in [0.25, 0.3) is 0 Å². The summed E-state index contributed by atoms with van der Waals surface area (Å²) in [6.45, 7) is 0. The maximum absolute atomic E-state index is 12.9. The van der Waals surface area contributed by atoms with E-state index in [1.165, 1.54) is 11.3 Å². The summed E-state index contributed by atoms with van der Waals surface area (Å²) in [4.78, 5) is 9.25. The molecule has 0 radical (unpaired) electrons. The average Bonchev–Trinajstić information content (AvgIpc) is 3.47. The zero-order chi connectivity index (χ0) is 28.3. The largest absolute Gasteiger partial charge is 0.858 e. The molecule has 0 aliphatic heterocycles. The molecule has 4 aromatic carbocycles. The van der Waals surface area contributed by atoms with Crippen molar-refractivity contribution in [2.45, 2.75) is 0 Å². The van der Waals surface area contributed by atoms with Crippen LogP contribution in [0, 0.1) is 0 Å². The second kappa shape index (κ2) is 11.2. The first-order valence-corrected chi connectivity index (χ1v) is 14.5. The number of aromatic nitrogens is 3. The Kier molecular flexibility index (Phi) is 6.84. The lowest BCUT2D eigenvalue weighted by atomic mass is 9.98. The number of pyridine rings is 2. The predicted octanol–water partition coefficient (Wildman–Crippen LogP) is 8.22. The molecule has 4 nitrogen and oxygen atoms in total. The number of hydrogen-bond donors (Lipinski definition) is 0. The monoisotopic (exact) mass is 559 g/mol. The van der Waals surface area contributed by atoms with Crippen LogP contribution in [0.1, 0.15) is 0 Å². The summed E-state index contributed by atoms with van der Waals surface area (Å²) in [5.41, 5.74) is 9.21. The van der Waals surface area contributed by atoms with Gasteiger partial charge in [0, 0.05) is 52.3 Å². The minimum Gasteiger partial charge on any atom is -0.858 e. The lowest BCUT2D eigenvalue weighted by Crippen LogP contribution is -2.36. The van der Waals surface area contributed by atoms with Gasteiger partial charge in [0.2, 0.25) is 17.1 Å². The molecule has 0 atom stereocenters. The lowest BCUT2D eigenvalue weighted by Gasteiger charge is -2.13. The Hall–Kier alpha value is -5.39. The molecule has 0 saturated carbocycles. The molecular weight excluding hydrogens is 534 g/mol. The summed E-state index contributed by atoms with van der Waals surface area (Å²) >= 11 is 1.37. The number of hydrogen-bond acceptors (Lipinski definition) is 4. The fourth-order valence-corrected chi connectivity index (χ4v) is 6.10. The summed E-state index contributed by atoms with van der Waals surface area (Å²) in [5, 5.41) is 13.5. The Bertz CT molecular complexity index is 1900. The number of thiazole rings is 1. The van der Waals surface area contributed by atoms with Crippen molar-refractivity contribution < 1.29 is 9.67 Å². The van der Waals surface area contributed by atoms with E-state index in [9.17, 15) is 5.11 Å². The Balaban J connectivity index is 1.40. The molecule has 0 amide bonds. The van der Waals surface area contributed by atoms with Gasteiger partial charge >= 0.3 is 0 Å². The van der Waals surface area contributed by atoms with E-state index < -0.39 is 0 Å². The van der Waals surface area contributed by atoms with Gasteiger partial charge in [0.1, 0.15) is 5.01 Å². The third-order valence-electron chi connectivity index (χ3n) is 7.18. The van der Waals surface area contributed by atoms with Crippen LogP contribution in [-0.4, -0.2) is 9.97 Å². The van der Waals surface area contributed by atoms with Crippen molar-refractivity contribution in [1.29, 1.82) is 0 Å². The van der Waals surface area contributed by atoms with Gasteiger partial charge in [-0.2, -0.15) is 4.57 Å². The minimum atomic E-state index is -0.233. The zero-order valence-corrected chi connectivity index (χ0v) is 23.4. The van der Waals surface area contributed by atoms with Gasteiger partial charge in [-0.15, -0.1) is 11.3 Å². The van der Waals surface area contributed by atoms with E-state index in [0.717, 1.165) is 44.9 Å². The van der Waals surface area contributed by atoms with E-state index >= 15 is 0 Å². The van der Waals surface area contributed by atoms with Crippen LogP contribution in [0.25, 0.3) is 60.5 Å². The Morgan fingerprint density at radius 3 is 1.62 bits per heavy atom. The Labute approximate surface area is 248 Å². The van der Waals surface area contributed by atoms with E-state index in [1.807, 2.05) is 48.5 Å². The van der Waals surface area contributed by atoms with Crippen molar-refractivity contribution >= 4 is 11.3 Å². The molecule has 3 aromatic heterocycles. The molecule has 0 spiro atoms. The van der Waals surface area contributed by atoms with Crippen molar-refractivity contribution in [3.05, 3.63) is 152 Å². The highest BCUT2D eigenvalue weighted by Crippen LogP contribution is 2.38. The van der Waals surface area contributed by atoms with Gasteiger partial charge in [-0.05, 0) is 65.2 Å². The highest BCUT2D eigenvalue weighted by atomic mass is 32.1. The highest BCUT2D eigenvalue weighted by molar-refractivity contribution is 7.18. The van der Waals surface area contributed by atoms with Crippen LogP contribution < -0.4 is 9.67 Å². The van der Waals surface area contributed by atoms with Crippen LogP contribution in [0.2, 0.25) is 0 Å². The molecule has 3 heterocycles. The summed E-state index contributed by atoms with van der Waals surface area (Å²) in [5.74, 6) is -0.233. The van der Waals surface area contributed by atoms with Gasteiger partial charge < -0.3 is 5.11 Å². The van der Waals surface area contributed by atoms with Crippen LogP contribution >= 0.6 is 11.3 Å². The van der Waals surface area contributed by atoms with E-state index in [0.29, 0.717) is 15.6 Å². The quantitative estimate of drug-likeness (QED) is 0.193. The molecule has 5 heteroatoms. The van der Waals surface area contributed by atoms with Gasteiger partial charge in [-0.1, -0.05) is 72.8 Å². The van der Waals surface area contributed by atoms with E-state index in [4.69, 9.17) is 0 Å². The fraction of sp³-hybridized carbons (Fsp3) is 0. The normalized spacial score (nSPS) is 11.0. The van der Waals surface area contributed by atoms with Crippen LogP contribution in [0.3, 0.4) is 0 Å². The van der Waals surface area contributed by atoms with Gasteiger partial charge in [-0.3, -0.25) is 9.97 Å². The third-order valence-corrected chi connectivity index (χ3v) is 8.29. The molecule has 0 aliphatic carbocycles. The van der Waals surface area contributed by atoms with Gasteiger partial charge in [0.15, 0.2) is 0 Å². The predicted molar refractivity (Wildman–Crippen MR) is 168 cm³/mol. The highest BCUT2D eigenvalue weighted by Gasteiger charge is 2.25. The van der Waals surface area contributed by atoms with Crippen molar-refractivity contribution in [3.8, 4) is 66.4 Å². The molecule has 0 bridgehead atoms. The lowest BCUT2D eigenvalue weighted by molar-refractivity contribution is -0.572. The van der Waals surface area contributed by atoms with Crippen molar-refractivity contribution in [2.24, 2.45) is 0 Å². The second-order valence-electron chi connectivity index (χ2n) is 9.86. The second-order valence-corrected chi connectivity index (χ2v) is 10.9. The van der Waals surface area contributed by atoms with E-state index in [1.54, 1.807) is 6.20 Å². The Morgan fingerprint density at radius 1 is 0.524 bits per heavy atom. The van der Waals surface area contributed by atoms with Crippen LogP contribution in [0.15, 0.2) is 152 Å². The molecule has 0 N–H and O–H groups in total. The molecule has 0 unspecified atom stereocenters. The summed E-state index contributed by atoms with van der Waals surface area (Å²) < 4.78 is 2.30. The average molecular weight is 560 g/mol. The molecule has 0 fully saturated rings. The summed E-state index contributed by atoms with van der Waals surface area (Å²) in [6.07, 6.45) is 1.71. The molecule has 7 rings (SSSR count). The SMILES string of the molecule is [O-]c1nc(-c2ccccn2)sc1-c1ccc(-[n+]2c(-c3ccccc3)cc(-c3ccccc3)cc2-c2ccccc2)cc1. The maximum Gasteiger partial charge on any atom is 0.219 e. The first-order valence-electron chi connectivity index (χ1n) is 13.7. The van der Waals surface area contributed by atoms with E-state index in [-0.39, 0.29) is 5.88 Å². The first-order chi connectivity index (χ1) is 20.7. The summed E-state index contributed by atoms with van der Waals surface area (Å²) in [6, 6.07) is 49.7. The molecular formula is C37H25N3OS. The molecule has 0 aliphatic rings. The smallest absolute Gasteiger partial charge is 0.219 e. The topological polar surface area (TPSA) is 52.7 Å². The van der Waals surface area contributed by atoms with Crippen molar-refractivity contribution in [2.75, 3.05) is 0 Å². The van der Waals surface area contributed by atoms with Crippen molar-refractivity contribution in [3.63, 3.8) is 0 Å². The Morgan fingerprint density at radius 2 is 1.07 bits per heavy atom. The van der Waals surface area contributed by atoms with E-state index in [2.05, 4.69) is 112 Å².